The molecular formula is C29H40O6. The first-order chi connectivity index (χ1) is 16.8. The standard InChI is InChI=1S/C29H40O6/c1-21(30-17-27-19-34-27)15-32-25-9-5-23(6-10-25)13-29(3,4)14-24-7-11-26(12-8-24)33-16-22(2)31-18-28-20-35-28/h5-12,21-22,27-28H,13-20H2,1-4H3. The second kappa shape index (κ2) is 12.2. The van der Waals surface area contributed by atoms with Gasteiger partial charge in [0.05, 0.1) is 38.6 Å². The predicted octanol–water partition coefficient (Wildman–Crippen LogP) is 4.86. The summed E-state index contributed by atoms with van der Waals surface area (Å²) in [4.78, 5) is 0. The van der Waals surface area contributed by atoms with Crippen molar-refractivity contribution in [2.45, 2.75) is 65.0 Å². The van der Waals surface area contributed by atoms with Crippen LogP contribution in [-0.2, 0) is 31.8 Å². The number of hydrogen-bond donors (Lipinski definition) is 0. The third-order valence-electron chi connectivity index (χ3n) is 6.12. The van der Waals surface area contributed by atoms with Crippen LogP contribution in [0.2, 0.25) is 0 Å². The monoisotopic (exact) mass is 484 g/mol. The van der Waals surface area contributed by atoms with E-state index in [1.54, 1.807) is 0 Å². The van der Waals surface area contributed by atoms with Crippen molar-refractivity contribution in [2.24, 2.45) is 5.41 Å². The molecule has 192 valence electrons. The summed E-state index contributed by atoms with van der Waals surface area (Å²) in [5.41, 5.74) is 2.75. The summed E-state index contributed by atoms with van der Waals surface area (Å²) in [6.45, 7) is 12.7. The fraction of sp³-hybridized carbons (Fsp3) is 0.586. The molecule has 6 heteroatoms. The van der Waals surface area contributed by atoms with E-state index in [1.807, 2.05) is 13.8 Å². The molecule has 2 saturated heterocycles. The summed E-state index contributed by atoms with van der Waals surface area (Å²) in [7, 11) is 0. The van der Waals surface area contributed by atoms with Crippen LogP contribution in [0.3, 0.4) is 0 Å². The summed E-state index contributed by atoms with van der Waals surface area (Å²) in [6.07, 6.45) is 2.65. The van der Waals surface area contributed by atoms with E-state index in [4.69, 9.17) is 28.4 Å². The summed E-state index contributed by atoms with van der Waals surface area (Å²) >= 11 is 0. The third kappa shape index (κ3) is 9.80. The quantitative estimate of drug-likeness (QED) is 0.317. The number of ether oxygens (including phenoxy) is 6. The van der Waals surface area contributed by atoms with Crippen LogP contribution in [0.25, 0.3) is 0 Å². The molecule has 0 radical (unpaired) electrons. The van der Waals surface area contributed by atoms with Gasteiger partial charge < -0.3 is 28.4 Å². The molecule has 35 heavy (non-hydrogen) atoms. The van der Waals surface area contributed by atoms with Gasteiger partial charge in [-0.25, -0.2) is 0 Å². The minimum absolute atomic E-state index is 0.0498. The smallest absolute Gasteiger partial charge is 0.119 e. The molecule has 0 saturated carbocycles. The molecule has 0 aromatic heterocycles. The normalized spacial score (nSPS) is 20.8. The van der Waals surface area contributed by atoms with Gasteiger partial charge in [-0.05, 0) is 67.5 Å². The summed E-state index contributed by atoms with van der Waals surface area (Å²) in [6, 6.07) is 16.9. The van der Waals surface area contributed by atoms with Crippen molar-refractivity contribution in [3.8, 4) is 11.5 Å². The highest BCUT2D eigenvalue weighted by atomic mass is 16.6. The van der Waals surface area contributed by atoms with Gasteiger partial charge >= 0.3 is 0 Å². The minimum atomic E-state index is 0.0498. The van der Waals surface area contributed by atoms with Crippen LogP contribution < -0.4 is 9.47 Å². The molecule has 2 heterocycles. The lowest BCUT2D eigenvalue weighted by Crippen LogP contribution is -2.20. The summed E-state index contributed by atoms with van der Waals surface area (Å²) in [5, 5.41) is 0. The molecule has 2 aliphatic heterocycles. The molecule has 0 amide bonds. The van der Waals surface area contributed by atoms with Gasteiger partial charge in [-0.1, -0.05) is 38.1 Å². The predicted molar refractivity (Wildman–Crippen MR) is 135 cm³/mol. The zero-order valence-corrected chi connectivity index (χ0v) is 21.5. The SMILES string of the molecule is CC(COc1ccc(CC(C)(C)Cc2ccc(OCC(C)OCC3CO3)cc2)cc1)OCC1CO1. The summed E-state index contributed by atoms with van der Waals surface area (Å²) < 4.78 is 33.5. The van der Waals surface area contributed by atoms with Crippen LogP contribution >= 0.6 is 0 Å². The lowest BCUT2D eigenvalue weighted by Gasteiger charge is -2.25. The van der Waals surface area contributed by atoms with Gasteiger partial charge in [-0.3, -0.25) is 0 Å². The zero-order valence-electron chi connectivity index (χ0n) is 21.5. The molecule has 2 aliphatic rings. The highest BCUT2D eigenvalue weighted by Gasteiger charge is 2.24. The first-order valence-corrected chi connectivity index (χ1v) is 12.7. The van der Waals surface area contributed by atoms with Crippen molar-refractivity contribution >= 4 is 0 Å². The van der Waals surface area contributed by atoms with Crippen molar-refractivity contribution in [1.82, 2.24) is 0 Å². The van der Waals surface area contributed by atoms with Gasteiger partial charge in [0.1, 0.15) is 36.9 Å². The fourth-order valence-electron chi connectivity index (χ4n) is 3.97. The van der Waals surface area contributed by atoms with E-state index in [9.17, 15) is 0 Å². The third-order valence-corrected chi connectivity index (χ3v) is 6.12. The van der Waals surface area contributed by atoms with Crippen LogP contribution in [-0.4, -0.2) is 64.1 Å². The van der Waals surface area contributed by atoms with Crippen LogP contribution in [0.15, 0.2) is 48.5 Å². The van der Waals surface area contributed by atoms with Crippen LogP contribution in [0.4, 0.5) is 0 Å². The summed E-state index contributed by atoms with van der Waals surface area (Å²) in [5.74, 6) is 1.75. The minimum Gasteiger partial charge on any atom is -0.491 e. The number of benzene rings is 2. The Labute approximate surface area is 209 Å². The second-order valence-corrected chi connectivity index (χ2v) is 10.6. The van der Waals surface area contributed by atoms with E-state index >= 15 is 0 Å². The molecule has 4 rings (SSSR count). The Morgan fingerprint density at radius 2 is 1.09 bits per heavy atom. The van der Waals surface area contributed by atoms with Gasteiger partial charge in [0.25, 0.3) is 0 Å². The first kappa shape index (κ1) is 26.0. The maximum atomic E-state index is 5.88. The van der Waals surface area contributed by atoms with Crippen molar-refractivity contribution in [2.75, 3.05) is 39.6 Å². The van der Waals surface area contributed by atoms with Crippen molar-refractivity contribution in [3.63, 3.8) is 0 Å². The van der Waals surface area contributed by atoms with Crippen molar-refractivity contribution in [1.29, 1.82) is 0 Å². The fourth-order valence-corrected chi connectivity index (χ4v) is 3.97. The van der Waals surface area contributed by atoms with E-state index in [2.05, 4.69) is 62.4 Å². The molecule has 2 aromatic rings. The van der Waals surface area contributed by atoms with E-state index in [1.165, 1.54) is 11.1 Å². The molecule has 0 spiro atoms. The Bertz CT molecular complexity index is 813. The van der Waals surface area contributed by atoms with E-state index in [0.29, 0.717) is 26.4 Å². The first-order valence-electron chi connectivity index (χ1n) is 12.7. The maximum absolute atomic E-state index is 5.88. The Morgan fingerprint density at radius 3 is 1.43 bits per heavy atom. The molecule has 2 fully saturated rings. The molecule has 4 unspecified atom stereocenters. The van der Waals surface area contributed by atoms with Crippen LogP contribution in [0, 0.1) is 5.41 Å². The molecular weight excluding hydrogens is 444 g/mol. The van der Waals surface area contributed by atoms with Crippen LogP contribution in [0.1, 0.15) is 38.8 Å². The van der Waals surface area contributed by atoms with Gasteiger partial charge in [-0.15, -0.1) is 0 Å². The van der Waals surface area contributed by atoms with Gasteiger partial charge in [0.2, 0.25) is 0 Å². The Balaban J connectivity index is 1.17. The van der Waals surface area contributed by atoms with E-state index < -0.39 is 0 Å². The molecule has 0 bridgehead atoms. The molecule has 2 aromatic carbocycles. The van der Waals surface area contributed by atoms with E-state index in [0.717, 1.165) is 37.6 Å². The Morgan fingerprint density at radius 1 is 0.714 bits per heavy atom. The van der Waals surface area contributed by atoms with Crippen molar-refractivity contribution in [3.05, 3.63) is 59.7 Å². The number of rotatable bonds is 16. The largest absolute Gasteiger partial charge is 0.491 e. The Kier molecular flexibility index (Phi) is 9.06. The highest BCUT2D eigenvalue weighted by Crippen LogP contribution is 2.28. The number of hydrogen-bond acceptors (Lipinski definition) is 6. The molecule has 6 nitrogen and oxygen atoms in total. The lowest BCUT2D eigenvalue weighted by molar-refractivity contribution is 0.0241. The Hall–Kier alpha value is -2.12. The molecule has 0 N–H and O–H groups in total. The maximum Gasteiger partial charge on any atom is 0.119 e. The lowest BCUT2D eigenvalue weighted by atomic mass is 9.80. The van der Waals surface area contributed by atoms with Crippen LogP contribution in [0.5, 0.6) is 11.5 Å². The number of epoxide rings is 2. The average Bonchev–Trinajstić information content (AvgIpc) is 3.75. The van der Waals surface area contributed by atoms with E-state index in [-0.39, 0.29) is 29.8 Å². The van der Waals surface area contributed by atoms with Gasteiger partial charge in [-0.2, -0.15) is 0 Å². The molecule has 0 aliphatic carbocycles. The average molecular weight is 485 g/mol. The topological polar surface area (TPSA) is 62.0 Å². The van der Waals surface area contributed by atoms with Gasteiger partial charge in [0, 0.05) is 0 Å². The highest BCUT2D eigenvalue weighted by molar-refractivity contribution is 5.30. The second-order valence-electron chi connectivity index (χ2n) is 10.6. The van der Waals surface area contributed by atoms with Crippen molar-refractivity contribution < 1.29 is 28.4 Å². The molecule has 4 atom stereocenters. The van der Waals surface area contributed by atoms with Gasteiger partial charge in [0.15, 0.2) is 0 Å². The zero-order chi connectivity index (χ0) is 24.7.